The average molecular weight is 208 g/mol. The van der Waals surface area contributed by atoms with Crippen LogP contribution in [0, 0.1) is 0 Å². The van der Waals surface area contributed by atoms with E-state index in [-0.39, 0.29) is 12.6 Å². The molecule has 1 atom stereocenters. The minimum atomic E-state index is -2.79. The Kier molecular flexibility index (Phi) is 4.22. The van der Waals surface area contributed by atoms with Crippen LogP contribution in [0.15, 0.2) is 0 Å². The van der Waals surface area contributed by atoms with Crippen LogP contribution in [0.25, 0.3) is 0 Å². The number of halogens is 2. The number of nitrogens with two attached hydrogens (primary N) is 1. The molecule has 1 aliphatic heterocycles. The summed E-state index contributed by atoms with van der Waals surface area (Å²) >= 11 is 0. The van der Waals surface area contributed by atoms with Crippen molar-refractivity contribution < 1.29 is 13.5 Å². The molecule has 1 fully saturated rings. The topological polar surface area (TPSA) is 38.5 Å². The van der Waals surface area contributed by atoms with Crippen LogP contribution in [0.3, 0.4) is 0 Å². The predicted octanol–water partition coefficient (Wildman–Crippen LogP) is 0.691. The Hall–Kier alpha value is -0.260. The molecule has 3 nitrogen and oxygen atoms in total. The molecular formula is C9H18F2N2O. The number of nitrogens with zero attached hydrogens (tertiary/aromatic N) is 1. The van der Waals surface area contributed by atoms with E-state index >= 15 is 0 Å². The number of likely N-dealkylation sites (N-methyl/N-ethyl adjacent to an activating group) is 1. The van der Waals surface area contributed by atoms with Crippen LogP contribution < -0.4 is 5.73 Å². The Labute approximate surface area is 83.2 Å². The summed E-state index contributed by atoms with van der Waals surface area (Å²) in [6, 6.07) is 0.112. The molecule has 5 heteroatoms. The fourth-order valence-corrected chi connectivity index (χ4v) is 1.63. The van der Waals surface area contributed by atoms with Gasteiger partial charge in [-0.15, -0.1) is 0 Å². The van der Waals surface area contributed by atoms with Gasteiger partial charge in [-0.05, 0) is 19.9 Å². The zero-order valence-electron chi connectivity index (χ0n) is 8.51. The highest BCUT2D eigenvalue weighted by molar-refractivity contribution is 4.78. The van der Waals surface area contributed by atoms with Gasteiger partial charge >= 0.3 is 0 Å². The van der Waals surface area contributed by atoms with E-state index < -0.39 is 12.5 Å². The Bertz CT molecular complexity index is 172. The van der Waals surface area contributed by atoms with Gasteiger partial charge in [-0.25, -0.2) is 8.78 Å². The molecule has 1 aliphatic rings. The van der Waals surface area contributed by atoms with E-state index in [0.29, 0.717) is 6.61 Å². The third-order valence-corrected chi connectivity index (χ3v) is 2.54. The second-order valence-electron chi connectivity index (χ2n) is 3.85. The summed E-state index contributed by atoms with van der Waals surface area (Å²) in [6.45, 7) is 0.428. The predicted molar refractivity (Wildman–Crippen MR) is 50.5 cm³/mol. The first-order valence-electron chi connectivity index (χ1n) is 4.91. The second kappa shape index (κ2) is 5.00. The molecule has 1 saturated heterocycles. The summed E-state index contributed by atoms with van der Waals surface area (Å²) in [5.41, 5.74) is 4.98. The van der Waals surface area contributed by atoms with Gasteiger partial charge in [0.15, 0.2) is 0 Å². The normalized spacial score (nSPS) is 24.2. The van der Waals surface area contributed by atoms with Crippen LogP contribution >= 0.6 is 0 Å². The fraction of sp³-hybridized carbons (Fsp3) is 1.00. The van der Waals surface area contributed by atoms with Gasteiger partial charge in [0.2, 0.25) is 0 Å². The quantitative estimate of drug-likeness (QED) is 0.738. The van der Waals surface area contributed by atoms with Crippen LogP contribution in [-0.4, -0.2) is 50.2 Å². The summed E-state index contributed by atoms with van der Waals surface area (Å²) in [6.07, 6.45) is 1.88. The van der Waals surface area contributed by atoms with Crippen LogP contribution in [0.4, 0.5) is 8.78 Å². The Balaban J connectivity index is 2.36. The molecule has 2 N–H and O–H groups in total. The van der Waals surface area contributed by atoms with Crippen LogP contribution in [0.1, 0.15) is 12.8 Å². The maximum absolute atomic E-state index is 13.0. The summed E-state index contributed by atoms with van der Waals surface area (Å²) in [7, 11) is 1.70. The molecule has 0 amide bonds. The van der Waals surface area contributed by atoms with Gasteiger partial charge in [-0.3, -0.25) is 4.90 Å². The molecule has 1 rings (SSSR count). The first kappa shape index (κ1) is 11.8. The van der Waals surface area contributed by atoms with E-state index in [1.165, 1.54) is 0 Å². The monoisotopic (exact) mass is 208 g/mol. The minimum absolute atomic E-state index is 0.112. The van der Waals surface area contributed by atoms with Gasteiger partial charge < -0.3 is 10.5 Å². The Morgan fingerprint density at radius 3 is 2.79 bits per heavy atom. The van der Waals surface area contributed by atoms with E-state index in [4.69, 9.17) is 10.5 Å². The molecule has 0 radical (unpaired) electrons. The minimum Gasteiger partial charge on any atom is -0.380 e. The molecule has 0 saturated carbocycles. The van der Waals surface area contributed by atoms with Crippen molar-refractivity contribution in [1.29, 1.82) is 0 Å². The number of hydrogen-bond donors (Lipinski definition) is 1. The molecule has 0 aromatic heterocycles. The summed E-state index contributed by atoms with van der Waals surface area (Å²) < 4.78 is 31.1. The largest absolute Gasteiger partial charge is 0.380 e. The van der Waals surface area contributed by atoms with Crippen molar-refractivity contribution in [3.05, 3.63) is 0 Å². The lowest BCUT2D eigenvalue weighted by Gasteiger charge is -2.33. The van der Waals surface area contributed by atoms with Gasteiger partial charge in [0.1, 0.15) is 0 Å². The molecule has 1 heterocycles. The lowest BCUT2D eigenvalue weighted by Crippen LogP contribution is -2.47. The molecule has 0 aromatic carbocycles. The zero-order chi connectivity index (χ0) is 10.6. The van der Waals surface area contributed by atoms with Crippen molar-refractivity contribution in [2.24, 2.45) is 5.73 Å². The lowest BCUT2D eigenvalue weighted by atomic mass is 10.1. The van der Waals surface area contributed by atoms with Crippen molar-refractivity contribution in [2.45, 2.75) is 24.8 Å². The van der Waals surface area contributed by atoms with Crippen LogP contribution in [0.2, 0.25) is 0 Å². The number of ether oxygens (including phenoxy) is 1. The molecule has 0 aromatic rings. The fourth-order valence-electron chi connectivity index (χ4n) is 1.63. The molecule has 0 bridgehead atoms. The standard InChI is InChI=1S/C9H18F2N2O/c1-13(7-9(10,11)6-12)8-3-2-4-14-5-8/h8H,2-7,12H2,1H3. The maximum Gasteiger partial charge on any atom is 0.272 e. The molecule has 0 spiro atoms. The van der Waals surface area contributed by atoms with Crippen molar-refractivity contribution in [3.8, 4) is 0 Å². The highest BCUT2D eigenvalue weighted by Crippen LogP contribution is 2.17. The smallest absolute Gasteiger partial charge is 0.272 e. The van der Waals surface area contributed by atoms with E-state index in [1.807, 2.05) is 0 Å². The molecule has 14 heavy (non-hydrogen) atoms. The van der Waals surface area contributed by atoms with Crippen molar-refractivity contribution in [3.63, 3.8) is 0 Å². The number of alkyl halides is 2. The van der Waals surface area contributed by atoms with Gasteiger partial charge in [-0.1, -0.05) is 0 Å². The molecule has 1 unspecified atom stereocenters. The van der Waals surface area contributed by atoms with Gasteiger partial charge in [0.05, 0.1) is 19.7 Å². The van der Waals surface area contributed by atoms with Crippen LogP contribution in [0.5, 0.6) is 0 Å². The van der Waals surface area contributed by atoms with Gasteiger partial charge in [0, 0.05) is 12.6 Å². The molecular weight excluding hydrogens is 190 g/mol. The highest BCUT2D eigenvalue weighted by atomic mass is 19.3. The van der Waals surface area contributed by atoms with Crippen LogP contribution in [-0.2, 0) is 4.74 Å². The van der Waals surface area contributed by atoms with Gasteiger partial charge in [-0.2, -0.15) is 0 Å². The van der Waals surface area contributed by atoms with Crippen molar-refractivity contribution in [2.75, 3.05) is 33.4 Å². The third-order valence-electron chi connectivity index (χ3n) is 2.54. The Morgan fingerprint density at radius 2 is 2.29 bits per heavy atom. The Morgan fingerprint density at radius 1 is 1.57 bits per heavy atom. The van der Waals surface area contributed by atoms with E-state index in [0.717, 1.165) is 19.4 Å². The van der Waals surface area contributed by atoms with E-state index in [1.54, 1.807) is 11.9 Å². The number of hydrogen-bond acceptors (Lipinski definition) is 3. The van der Waals surface area contributed by atoms with Crippen molar-refractivity contribution >= 4 is 0 Å². The van der Waals surface area contributed by atoms with E-state index in [2.05, 4.69) is 0 Å². The zero-order valence-corrected chi connectivity index (χ0v) is 8.51. The number of rotatable bonds is 4. The lowest BCUT2D eigenvalue weighted by molar-refractivity contribution is -0.0480. The SMILES string of the molecule is CN(CC(F)(F)CN)C1CCCOC1. The summed E-state index contributed by atoms with van der Waals surface area (Å²) in [4.78, 5) is 1.64. The molecule has 0 aliphatic carbocycles. The van der Waals surface area contributed by atoms with Gasteiger partial charge in [0.25, 0.3) is 5.92 Å². The van der Waals surface area contributed by atoms with Crippen molar-refractivity contribution in [1.82, 2.24) is 4.90 Å². The first-order valence-corrected chi connectivity index (χ1v) is 4.91. The maximum atomic E-state index is 13.0. The average Bonchev–Trinajstić information content (AvgIpc) is 2.19. The molecule has 84 valence electrons. The summed E-state index contributed by atoms with van der Waals surface area (Å²) in [5, 5.41) is 0. The second-order valence-corrected chi connectivity index (χ2v) is 3.85. The van der Waals surface area contributed by atoms with E-state index in [9.17, 15) is 8.78 Å². The third kappa shape index (κ3) is 3.48. The highest BCUT2D eigenvalue weighted by Gasteiger charge is 2.31. The first-order chi connectivity index (χ1) is 6.55. The summed E-state index contributed by atoms with van der Waals surface area (Å²) in [5.74, 6) is -2.79.